The highest BCUT2D eigenvalue weighted by atomic mass is 16.5. The van der Waals surface area contributed by atoms with Crippen molar-refractivity contribution < 1.29 is 14.3 Å². The Bertz CT molecular complexity index is 948. The zero-order valence-corrected chi connectivity index (χ0v) is 17.4. The number of carbonyl (C=O) groups excluding carboxylic acids is 2. The number of fused-ring (bicyclic) bond motifs is 1. The summed E-state index contributed by atoms with van der Waals surface area (Å²) in [6.45, 7) is 4.12. The van der Waals surface area contributed by atoms with Crippen LogP contribution in [-0.2, 0) is 22.6 Å². The summed E-state index contributed by atoms with van der Waals surface area (Å²) < 4.78 is 4.57. The van der Waals surface area contributed by atoms with Crippen LogP contribution in [0.25, 0.3) is 0 Å². The minimum atomic E-state index is -0.742. The van der Waals surface area contributed by atoms with Crippen molar-refractivity contribution in [2.45, 2.75) is 45.8 Å². The van der Waals surface area contributed by atoms with Gasteiger partial charge in [-0.2, -0.15) is 5.26 Å². The lowest BCUT2D eigenvalue weighted by Crippen LogP contribution is -2.48. The molecule has 1 fully saturated rings. The molecular weight excluding hydrogens is 378 g/mol. The molecule has 2 aromatic carbocycles. The molecule has 0 radical (unpaired) electrons. The molecule has 30 heavy (non-hydrogen) atoms. The average molecular weight is 405 g/mol. The van der Waals surface area contributed by atoms with E-state index in [0.29, 0.717) is 23.4 Å². The Morgan fingerprint density at radius 1 is 1.20 bits per heavy atom. The molecule has 1 aliphatic heterocycles. The fourth-order valence-electron chi connectivity index (χ4n) is 4.16. The third-order valence-corrected chi connectivity index (χ3v) is 5.56. The van der Waals surface area contributed by atoms with Gasteiger partial charge < -0.3 is 15.4 Å². The van der Waals surface area contributed by atoms with E-state index < -0.39 is 6.09 Å². The summed E-state index contributed by atoms with van der Waals surface area (Å²) >= 11 is 0. The Morgan fingerprint density at radius 2 is 1.90 bits per heavy atom. The Morgan fingerprint density at radius 3 is 2.47 bits per heavy atom. The van der Waals surface area contributed by atoms with Crippen LogP contribution >= 0.6 is 0 Å². The molecule has 6 nitrogen and oxygen atoms in total. The number of carbonyl (C=O) groups is 2. The van der Waals surface area contributed by atoms with Crippen LogP contribution < -0.4 is 10.6 Å². The summed E-state index contributed by atoms with van der Waals surface area (Å²) in [4.78, 5) is 24.2. The number of hydrogen-bond donors (Lipinski definition) is 1. The van der Waals surface area contributed by atoms with E-state index in [9.17, 15) is 9.59 Å². The second-order valence-corrected chi connectivity index (χ2v) is 7.95. The number of primary amides is 1. The predicted octanol–water partition coefficient (Wildman–Crippen LogP) is 4.16. The lowest BCUT2D eigenvalue weighted by molar-refractivity contribution is -0.117. The van der Waals surface area contributed by atoms with Crippen molar-refractivity contribution in [2.75, 3.05) is 4.90 Å². The number of amides is 2. The van der Waals surface area contributed by atoms with Gasteiger partial charge >= 0.3 is 6.09 Å². The maximum absolute atomic E-state index is 12.1. The molecule has 2 N–H and O–H groups in total. The number of benzene rings is 2. The van der Waals surface area contributed by atoms with Gasteiger partial charge in [0.15, 0.2) is 0 Å². The molecule has 4 rings (SSSR count). The average Bonchev–Trinajstić information content (AvgIpc) is 3.57. The molecule has 6 heteroatoms. The van der Waals surface area contributed by atoms with Gasteiger partial charge in [0.25, 0.3) is 0 Å². The van der Waals surface area contributed by atoms with Crippen LogP contribution in [0.1, 0.15) is 43.4 Å². The predicted molar refractivity (Wildman–Crippen MR) is 115 cm³/mol. The van der Waals surface area contributed by atoms with Gasteiger partial charge in [0.2, 0.25) is 5.91 Å². The SMILES string of the molecule is CC(=O)N1c2ccc(C#N)cc2CC(C)[C@@H]1C1CC1.NC(=O)OCc1ccccc1. The Hall–Kier alpha value is -3.33. The van der Waals surface area contributed by atoms with Gasteiger partial charge in [0, 0.05) is 18.7 Å². The lowest BCUT2D eigenvalue weighted by Gasteiger charge is -2.41. The maximum Gasteiger partial charge on any atom is 0.404 e. The van der Waals surface area contributed by atoms with Gasteiger partial charge in [-0.25, -0.2) is 4.79 Å². The van der Waals surface area contributed by atoms with E-state index in [0.717, 1.165) is 23.2 Å². The molecule has 156 valence electrons. The van der Waals surface area contributed by atoms with E-state index in [4.69, 9.17) is 11.0 Å². The van der Waals surface area contributed by atoms with Crippen LogP contribution in [0.3, 0.4) is 0 Å². The van der Waals surface area contributed by atoms with Crippen LogP contribution in [0.2, 0.25) is 0 Å². The third kappa shape index (κ3) is 5.18. The fourth-order valence-corrected chi connectivity index (χ4v) is 4.16. The van der Waals surface area contributed by atoms with E-state index in [1.807, 2.05) is 53.4 Å². The topological polar surface area (TPSA) is 96.4 Å². The minimum Gasteiger partial charge on any atom is -0.445 e. The number of ether oxygens (including phenoxy) is 1. The van der Waals surface area contributed by atoms with Gasteiger partial charge in [-0.15, -0.1) is 0 Å². The number of nitrogens with two attached hydrogens (primary N) is 1. The van der Waals surface area contributed by atoms with Gasteiger partial charge in [-0.05, 0) is 60.4 Å². The van der Waals surface area contributed by atoms with E-state index in [-0.39, 0.29) is 12.5 Å². The molecule has 0 bridgehead atoms. The molecule has 0 saturated heterocycles. The van der Waals surface area contributed by atoms with E-state index in [1.165, 1.54) is 12.8 Å². The van der Waals surface area contributed by atoms with Crippen molar-refractivity contribution >= 4 is 17.7 Å². The molecule has 2 aliphatic rings. The van der Waals surface area contributed by atoms with Crippen molar-refractivity contribution in [1.82, 2.24) is 0 Å². The number of nitriles is 1. The highest BCUT2D eigenvalue weighted by Crippen LogP contribution is 2.45. The van der Waals surface area contributed by atoms with Crippen molar-refractivity contribution in [1.29, 1.82) is 5.26 Å². The molecule has 1 saturated carbocycles. The Balaban J connectivity index is 0.000000199. The maximum atomic E-state index is 12.1. The van der Waals surface area contributed by atoms with Gasteiger partial charge in [0.05, 0.1) is 11.6 Å². The minimum absolute atomic E-state index is 0.120. The molecule has 1 aliphatic carbocycles. The number of anilines is 1. The number of nitrogens with zero attached hydrogens (tertiary/aromatic N) is 2. The van der Waals surface area contributed by atoms with E-state index >= 15 is 0 Å². The van der Waals surface area contributed by atoms with E-state index in [1.54, 1.807) is 6.92 Å². The molecule has 0 spiro atoms. The second-order valence-electron chi connectivity index (χ2n) is 7.95. The lowest BCUT2D eigenvalue weighted by atomic mass is 9.83. The van der Waals surface area contributed by atoms with Crippen LogP contribution in [0.5, 0.6) is 0 Å². The first-order chi connectivity index (χ1) is 14.4. The van der Waals surface area contributed by atoms with Crippen molar-refractivity contribution in [3.8, 4) is 6.07 Å². The monoisotopic (exact) mass is 405 g/mol. The van der Waals surface area contributed by atoms with Crippen LogP contribution in [-0.4, -0.2) is 18.0 Å². The molecule has 2 amide bonds. The van der Waals surface area contributed by atoms with Crippen LogP contribution in [0.4, 0.5) is 10.5 Å². The molecule has 0 aromatic heterocycles. The fraction of sp³-hybridized carbons (Fsp3) is 0.375. The highest BCUT2D eigenvalue weighted by molar-refractivity contribution is 5.94. The normalized spacial score (nSPS) is 19.6. The summed E-state index contributed by atoms with van der Waals surface area (Å²) in [7, 11) is 0. The Kier molecular flexibility index (Phi) is 6.73. The molecule has 2 atom stereocenters. The van der Waals surface area contributed by atoms with Crippen LogP contribution in [0, 0.1) is 23.2 Å². The molecule has 1 heterocycles. The van der Waals surface area contributed by atoms with Crippen molar-refractivity contribution in [3.05, 3.63) is 65.2 Å². The zero-order valence-electron chi connectivity index (χ0n) is 17.4. The second kappa shape index (κ2) is 9.45. The quantitative estimate of drug-likeness (QED) is 0.829. The van der Waals surface area contributed by atoms with E-state index in [2.05, 4.69) is 17.7 Å². The summed E-state index contributed by atoms with van der Waals surface area (Å²) in [6.07, 6.45) is 2.71. The third-order valence-electron chi connectivity index (χ3n) is 5.56. The zero-order chi connectivity index (χ0) is 21.7. The summed E-state index contributed by atoms with van der Waals surface area (Å²) in [5.41, 5.74) is 8.55. The number of hydrogen-bond acceptors (Lipinski definition) is 4. The highest BCUT2D eigenvalue weighted by Gasteiger charge is 2.43. The van der Waals surface area contributed by atoms with Crippen molar-refractivity contribution in [2.24, 2.45) is 17.6 Å². The standard InChI is InChI=1S/C16H18N2O.C8H9NO2/c1-10-7-14-8-12(9-17)3-6-15(14)18(11(2)19)16(10)13-4-5-13;9-8(10)11-6-7-4-2-1-3-5-7/h3,6,8,10,13,16H,4-5,7H2,1-2H3;1-5H,6H2,(H2,9,10)/t10?,16-;/m1./s1. The first-order valence-electron chi connectivity index (χ1n) is 10.2. The molecular formula is C24H27N3O3. The van der Waals surface area contributed by atoms with Gasteiger partial charge in [-0.1, -0.05) is 37.3 Å². The first-order valence-corrected chi connectivity index (χ1v) is 10.2. The number of rotatable bonds is 3. The summed E-state index contributed by atoms with van der Waals surface area (Å²) in [6, 6.07) is 17.6. The smallest absolute Gasteiger partial charge is 0.404 e. The van der Waals surface area contributed by atoms with Gasteiger partial charge in [-0.3, -0.25) is 4.79 Å². The largest absolute Gasteiger partial charge is 0.445 e. The first kappa shape index (κ1) is 21.4. The molecule has 1 unspecified atom stereocenters. The van der Waals surface area contributed by atoms with Gasteiger partial charge in [0.1, 0.15) is 6.61 Å². The summed E-state index contributed by atoms with van der Waals surface area (Å²) in [5, 5.41) is 9.00. The van der Waals surface area contributed by atoms with Crippen LogP contribution in [0.15, 0.2) is 48.5 Å². The van der Waals surface area contributed by atoms with Crippen molar-refractivity contribution in [3.63, 3.8) is 0 Å². The Labute approximate surface area is 177 Å². The summed E-state index contributed by atoms with van der Waals surface area (Å²) in [5.74, 6) is 1.26. The molecule has 2 aromatic rings.